The molecule has 0 saturated carbocycles. The van der Waals surface area contributed by atoms with E-state index >= 15 is 0 Å². The lowest BCUT2D eigenvalue weighted by atomic mass is 10.6. The molecule has 8 heteroatoms. The molecule has 1 heterocycles. The second kappa shape index (κ2) is 6.92. The van der Waals surface area contributed by atoms with Crippen LogP contribution in [0, 0.1) is 0 Å². The van der Waals surface area contributed by atoms with Gasteiger partial charge in [0, 0.05) is 6.54 Å². The van der Waals surface area contributed by atoms with Gasteiger partial charge in [-0.2, -0.15) is 0 Å². The minimum Gasteiger partial charge on any atom is -0.375 e. The predicted octanol–water partition coefficient (Wildman–Crippen LogP) is 0.829. The van der Waals surface area contributed by atoms with E-state index in [-0.39, 0.29) is 11.7 Å². The van der Waals surface area contributed by atoms with Crippen LogP contribution in [0.3, 0.4) is 0 Å². The van der Waals surface area contributed by atoms with Crippen molar-refractivity contribution in [3.63, 3.8) is 0 Å². The third kappa shape index (κ3) is 5.36. The van der Waals surface area contributed by atoms with Crippen LogP contribution in [0.4, 0.5) is 9.93 Å². The molecular weight excluding hydrogens is 260 g/mol. The zero-order valence-electron chi connectivity index (χ0n) is 8.93. The average Bonchev–Trinajstić information content (AvgIpc) is 2.70. The van der Waals surface area contributed by atoms with Gasteiger partial charge < -0.3 is 11.1 Å². The number of nitrogens with two attached hydrogens (primary N) is 1. The molecule has 0 atom stereocenters. The molecule has 0 spiro atoms. The van der Waals surface area contributed by atoms with Crippen LogP contribution in [0.25, 0.3) is 0 Å². The van der Waals surface area contributed by atoms with Crippen LogP contribution >= 0.6 is 23.1 Å². The van der Waals surface area contributed by atoms with Crippen molar-refractivity contribution in [2.24, 2.45) is 0 Å². The van der Waals surface area contributed by atoms with Gasteiger partial charge in [-0.15, -0.1) is 18.3 Å². The van der Waals surface area contributed by atoms with Crippen LogP contribution in [0.1, 0.15) is 0 Å². The number of aromatic nitrogens is 1. The number of hydrogen-bond donors (Lipinski definition) is 3. The van der Waals surface area contributed by atoms with Gasteiger partial charge in [0.25, 0.3) is 0 Å². The van der Waals surface area contributed by atoms with E-state index in [0.717, 1.165) is 4.21 Å². The smallest absolute Gasteiger partial charge is 0.321 e. The third-order valence-corrected chi connectivity index (χ3v) is 3.53. The number of carbonyl (C=O) groups excluding carboxylic acids is 2. The molecular formula is C9H12N4O2S2. The van der Waals surface area contributed by atoms with E-state index in [1.165, 1.54) is 29.2 Å². The monoisotopic (exact) mass is 272 g/mol. The number of rotatable bonds is 5. The van der Waals surface area contributed by atoms with Crippen molar-refractivity contribution < 1.29 is 9.59 Å². The molecule has 1 aromatic heterocycles. The van der Waals surface area contributed by atoms with Crippen LogP contribution < -0.4 is 16.4 Å². The normalized spacial score (nSPS) is 9.65. The highest BCUT2D eigenvalue weighted by Gasteiger charge is 2.08. The van der Waals surface area contributed by atoms with E-state index in [2.05, 4.69) is 22.2 Å². The molecule has 1 aromatic rings. The van der Waals surface area contributed by atoms with Crippen LogP contribution in [0.5, 0.6) is 0 Å². The van der Waals surface area contributed by atoms with E-state index < -0.39 is 6.03 Å². The molecule has 3 amide bonds. The summed E-state index contributed by atoms with van der Waals surface area (Å²) in [5.74, 6) is -0.230. The summed E-state index contributed by atoms with van der Waals surface area (Å²) in [6.45, 7) is 3.76. The Bertz CT molecular complexity index is 419. The lowest BCUT2D eigenvalue weighted by Crippen LogP contribution is -2.40. The fourth-order valence-corrected chi connectivity index (χ4v) is 2.41. The van der Waals surface area contributed by atoms with Crippen molar-refractivity contribution in [3.05, 3.63) is 18.9 Å². The average molecular weight is 272 g/mol. The van der Waals surface area contributed by atoms with Gasteiger partial charge in [0.15, 0.2) is 5.13 Å². The summed E-state index contributed by atoms with van der Waals surface area (Å²) in [6.07, 6.45) is 3.12. The summed E-state index contributed by atoms with van der Waals surface area (Å²) in [6, 6.07) is -0.528. The summed E-state index contributed by atoms with van der Waals surface area (Å²) in [4.78, 5) is 26.3. The first kappa shape index (κ1) is 13.5. The van der Waals surface area contributed by atoms with E-state index in [9.17, 15) is 9.59 Å². The zero-order chi connectivity index (χ0) is 12.7. The standard InChI is InChI=1S/C9H12N4O2S2/c1-2-3-11-9(15)13-6(14)5-16-7-4-12-8(10)17-7/h2,4H,1,3,5H2,(H2,10,12)(H2,11,13,14,15). The molecule has 1 rings (SSSR count). The Morgan fingerprint density at radius 3 is 3.00 bits per heavy atom. The number of nitrogens with zero attached hydrogens (tertiary/aromatic N) is 1. The van der Waals surface area contributed by atoms with Crippen molar-refractivity contribution in [2.75, 3.05) is 18.0 Å². The minimum atomic E-state index is -0.528. The van der Waals surface area contributed by atoms with Gasteiger partial charge in [-0.25, -0.2) is 9.78 Å². The topological polar surface area (TPSA) is 97.1 Å². The van der Waals surface area contributed by atoms with Crippen LogP contribution in [0.2, 0.25) is 0 Å². The van der Waals surface area contributed by atoms with Crippen LogP contribution in [0.15, 0.2) is 23.1 Å². The maximum absolute atomic E-state index is 11.3. The molecule has 0 aromatic carbocycles. The molecule has 0 unspecified atom stereocenters. The van der Waals surface area contributed by atoms with Crippen molar-refractivity contribution in [1.82, 2.24) is 15.6 Å². The maximum atomic E-state index is 11.3. The Balaban J connectivity index is 2.25. The second-order valence-corrected chi connectivity index (χ2v) is 5.19. The first-order chi connectivity index (χ1) is 8.11. The molecule has 0 aliphatic carbocycles. The highest BCUT2D eigenvalue weighted by atomic mass is 32.2. The van der Waals surface area contributed by atoms with Crippen LogP contribution in [-0.4, -0.2) is 29.2 Å². The lowest BCUT2D eigenvalue weighted by Gasteiger charge is -2.03. The van der Waals surface area contributed by atoms with Crippen molar-refractivity contribution in [1.29, 1.82) is 0 Å². The molecule has 6 nitrogen and oxygen atoms in total. The number of imide groups is 1. The summed E-state index contributed by atoms with van der Waals surface area (Å²) >= 11 is 2.58. The van der Waals surface area contributed by atoms with Crippen LogP contribution in [-0.2, 0) is 4.79 Å². The van der Waals surface area contributed by atoms with E-state index in [0.29, 0.717) is 11.7 Å². The van der Waals surface area contributed by atoms with Crippen molar-refractivity contribution >= 4 is 40.2 Å². The third-order valence-electron chi connectivity index (χ3n) is 1.51. The largest absolute Gasteiger partial charge is 0.375 e. The molecule has 0 saturated heterocycles. The van der Waals surface area contributed by atoms with Gasteiger partial charge in [0.1, 0.15) is 0 Å². The molecule has 92 valence electrons. The Morgan fingerprint density at radius 1 is 1.65 bits per heavy atom. The SMILES string of the molecule is C=CCNC(=O)NC(=O)CSc1cnc(N)s1. The molecule has 4 N–H and O–H groups in total. The van der Waals surface area contributed by atoms with Gasteiger partial charge in [0.2, 0.25) is 5.91 Å². The predicted molar refractivity (Wildman–Crippen MR) is 69.0 cm³/mol. The Hall–Kier alpha value is -1.54. The Morgan fingerprint density at radius 2 is 2.41 bits per heavy atom. The molecule has 17 heavy (non-hydrogen) atoms. The van der Waals surface area contributed by atoms with Gasteiger partial charge in [-0.3, -0.25) is 10.1 Å². The zero-order valence-corrected chi connectivity index (χ0v) is 10.6. The first-order valence-electron chi connectivity index (χ1n) is 4.64. The highest BCUT2D eigenvalue weighted by Crippen LogP contribution is 2.25. The second-order valence-electron chi connectivity index (χ2n) is 2.85. The Labute approximate surface area is 107 Å². The summed E-state index contributed by atoms with van der Waals surface area (Å²) < 4.78 is 0.837. The molecule has 0 aliphatic rings. The quantitative estimate of drug-likeness (QED) is 0.545. The number of thiazole rings is 1. The number of anilines is 1. The minimum absolute atomic E-state index is 0.142. The molecule has 0 bridgehead atoms. The van der Waals surface area contributed by atoms with E-state index in [4.69, 9.17) is 5.73 Å². The van der Waals surface area contributed by atoms with Gasteiger partial charge >= 0.3 is 6.03 Å². The number of carbonyl (C=O) groups is 2. The Kier molecular flexibility index (Phi) is 5.50. The first-order valence-corrected chi connectivity index (χ1v) is 6.44. The number of thioether (sulfide) groups is 1. The van der Waals surface area contributed by atoms with Crippen molar-refractivity contribution in [2.45, 2.75) is 4.21 Å². The van der Waals surface area contributed by atoms with Crippen molar-refractivity contribution in [3.8, 4) is 0 Å². The maximum Gasteiger partial charge on any atom is 0.321 e. The molecule has 0 aliphatic heterocycles. The lowest BCUT2D eigenvalue weighted by molar-refractivity contribution is -0.117. The summed E-state index contributed by atoms with van der Waals surface area (Å²) in [5, 5.41) is 5.08. The highest BCUT2D eigenvalue weighted by molar-refractivity contribution is 8.01. The number of nitrogen functional groups attached to an aromatic ring is 1. The van der Waals surface area contributed by atoms with Gasteiger partial charge in [0.05, 0.1) is 16.2 Å². The van der Waals surface area contributed by atoms with Gasteiger partial charge in [-0.05, 0) is 0 Å². The summed E-state index contributed by atoms with van der Waals surface area (Å²) in [7, 11) is 0. The number of hydrogen-bond acceptors (Lipinski definition) is 6. The van der Waals surface area contributed by atoms with E-state index in [1.54, 1.807) is 6.20 Å². The molecule has 0 radical (unpaired) electrons. The summed E-state index contributed by atoms with van der Waals surface area (Å²) in [5.41, 5.74) is 5.44. The fraction of sp³-hybridized carbons (Fsp3) is 0.222. The number of urea groups is 1. The van der Waals surface area contributed by atoms with E-state index in [1.807, 2.05) is 0 Å². The number of amides is 3. The fourth-order valence-electron chi connectivity index (χ4n) is 0.847. The van der Waals surface area contributed by atoms with Gasteiger partial charge in [-0.1, -0.05) is 17.4 Å². The molecule has 0 fully saturated rings. The number of nitrogens with one attached hydrogen (secondary N) is 2.